The molecule has 0 aromatic carbocycles. The summed E-state index contributed by atoms with van der Waals surface area (Å²) in [7, 11) is 0. The molecule has 5 heteroatoms. The first kappa shape index (κ1) is 12.6. The molecule has 0 spiro atoms. The molecule has 2 rings (SSSR count). The summed E-state index contributed by atoms with van der Waals surface area (Å²) < 4.78 is 5.63. The second-order valence-electron chi connectivity index (χ2n) is 4.34. The molecule has 1 aliphatic rings. The fourth-order valence-electron chi connectivity index (χ4n) is 2.27. The van der Waals surface area contributed by atoms with Crippen molar-refractivity contribution in [2.75, 3.05) is 26.2 Å². The predicted molar refractivity (Wildman–Crippen MR) is 69.0 cm³/mol. The van der Waals surface area contributed by atoms with E-state index in [1.165, 1.54) is 6.26 Å². The lowest BCUT2D eigenvalue weighted by Crippen LogP contribution is -2.53. The second kappa shape index (κ2) is 5.23. The van der Waals surface area contributed by atoms with Gasteiger partial charge in [0.2, 0.25) is 0 Å². The first-order chi connectivity index (χ1) is 8.13. The van der Waals surface area contributed by atoms with Crippen LogP contribution in [-0.4, -0.2) is 47.9 Å². The molecule has 1 saturated heterocycles. The van der Waals surface area contributed by atoms with Gasteiger partial charge in [-0.2, -0.15) is 0 Å². The summed E-state index contributed by atoms with van der Waals surface area (Å²) in [6, 6.07) is 2.13. The van der Waals surface area contributed by atoms with Gasteiger partial charge in [0, 0.05) is 25.7 Å². The molecule has 1 atom stereocenters. The first-order valence-corrected chi connectivity index (χ1v) is 6.69. The molecule has 1 unspecified atom stereocenters. The number of piperazine rings is 1. The number of halogens is 1. The lowest BCUT2D eigenvalue weighted by atomic mass is 10.1. The molecule has 1 aliphatic heterocycles. The fourth-order valence-corrected chi connectivity index (χ4v) is 2.68. The average molecular weight is 301 g/mol. The van der Waals surface area contributed by atoms with Crippen molar-refractivity contribution in [2.45, 2.75) is 19.9 Å². The summed E-state index contributed by atoms with van der Waals surface area (Å²) in [4.78, 5) is 16.5. The number of likely N-dealkylation sites (N-methyl/N-ethyl adjacent to an activating group) is 1. The predicted octanol–water partition coefficient (Wildman–Crippen LogP) is 2.21. The van der Waals surface area contributed by atoms with E-state index in [0.29, 0.717) is 16.3 Å². The van der Waals surface area contributed by atoms with Gasteiger partial charge in [-0.05, 0) is 35.5 Å². The molecule has 0 radical (unpaired) electrons. The van der Waals surface area contributed by atoms with E-state index in [-0.39, 0.29) is 5.91 Å². The Hall–Kier alpha value is -0.810. The average Bonchev–Trinajstić information content (AvgIpc) is 2.74. The van der Waals surface area contributed by atoms with Crippen molar-refractivity contribution >= 4 is 21.8 Å². The van der Waals surface area contributed by atoms with E-state index in [1.807, 2.05) is 4.90 Å². The fraction of sp³-hybridized carbons (Fsp3) is 0.583. The minimum Gasteiger partial charge on any atom is -0.457 e. The van der Waals surface area contributed by atoms with Crippen LogP contribution in [-0.2, 0) is 0 Å². The summed E-state index contributed by atoms with van der Waals surface area (Å²) in [5.74, 6) is 0.0493. The number of nitrogens with zero attached hydrogens (tertiary/aromatic N) is 2. The third kappa shape index (κ3) is 2.55. The van der Waals surface area contributed by atoms with Crippen LogP contribution in [0.15, 0.2) is 21.4 Å². The monoisotopic (exact) mass is 300 g/mol. The third-order valence-corrected chi connectivity index (χ3v) is 3.92. The quantitative estimate of drug-likeness (QED) is 0.840. The Morgan fingerprint density at radius 3 is 2.88 bits per heavy atom. The van der Waals surface area contributed by atoms with Crippen molar-refractivity contribution in [1.82, 2.24) is 9.80 Å². The number of carbonyl (C=O) groups is 1. The van der Waals surface area contributed by atoms with Gasteiger partial charge in [-0.15, -0.1) is 0 Å². The molecule has 1 amide bonds. The Bertz CT molecular complexity index is 405. The Kier molecular flexibility index (Phi) is 3.89. The summed E-state index contributed by atoms with van der Waals surface area (Å²) >= 11 is 3.25. The zero-order valence-electron chi connectivity index (χ0n) is 10.1. The molecular weight excluding hydrogens is 284 g/mol. The van der Waals surface area contributed by atoms with E-state index in [9.17, 15) is 4.79 Å². The number of carbonyl (C=O) groups excluding carboxylic acids is 1. The maximum absolute atomic E-state index is 12.2. The Morgan fingerprint density at radius 1 is 1.59 bits per heavy atom. The van der Waals surface area contributed by atoms with Crippen LogP contribution in [0.2, 0.25) is 0 Å². The van der Waals surface area contributed by atoms with Crippen LogP contribution in [0.25, 0.3) is 0 Å². The number of hydrogen-bond acceptors (Lipinski definition) is 3. The maximum Gasteiger partial charge on any atom is 0.258 e. The van der Waals surface area contributed by atoms with Gasteiger partial charge in [-0.25, -0.2) is 0 Å². The topological polar surface area (TPSA) is 36.7 Å². The first-order valence-electron chi connectivity index (χ1n) is 5.89. The molecule has 0 N–H and O–H groups in total. The van der Waals surface area contributed by atoms with Gasteiger partial charge in [0.1, 0.15) is 0 Å². The summed E-state index contributed by atoms with van der Waals surface area (Å²) in [6.07, 6.45) is 1.53. The molecule has 0 bridgehead atoms. The number of furan rings is 1. The van der Waals surface area contributed by atoms with Gasteiger partial charge >= 0.3 is 0 Å². The van der Waals surface area contributed by atoms with E-state index in [4.69, 9.17) is 4.42 Å². The normalized spacial score (nSPS) is 21.8. The lowest BCUT2D eigenvalue weighted by Gasteiger charge is -2.39. The van der Waals surface area contributed by atoms with Crippen molar-refractivity contribution in [3.05, 3.63) is 22.6 Å². The number of hydrogen-bond donors (Lipinski definition) is 0. The van der Waals surface area contributed by atoms with E-state index < -0.39 is 0 Å². The van der Waals surface area contributed by atoms with E-state index >= 15 is 0 Å². The highest BCUT2D eigenvalue weighted by atomic mass is 79.9. The van der Waals surface area contributed by atoms with Crippen LogP contribution in [0.4, 0.5) is 0 Å². The summed E-state index contributed by atoms with van der Waals surface area (Å²) in [5, 5.41) is 0. The zero-order valence-corrected chi connectivity index (χ0v) is 11.7. The Balaban J connectivity index is 2.05. The SMILES string of the molecule is CCN1CCN(C(=O)c2ccoc2Br)CC1C. The second-order valence-corrected chi connectivity index (χ2v) is 5.06. The van der Waals surface area contributed by atoms with Crippen molar-refractivity contribution in [3.63, 3.8) is 0 Å². The maximum atomic E-state index is 12.2. The van der Waals surface area contributed by atoms with Crippen LogP contribution in [0, 0.1) is 0 Å². The van der Waals surface area contributed by atoms with Crippen LogP contribution >= 0.6 is 15.9 Å². The van der Waals surface area contributed by atoms with E-state index in [1.54, 1.807) is 6.07 Å². The number of rotatable bonds is 2. The summed E-state index contributed by atoms with van der Waals surface area (Å²) in [6.45, 7) is 7.87. The van der Waals surface area contributed by atoms with Gasteiger partial charge in [0.05, 0.1) is 11.8 Å². The molecule has 1 aromatic heterocycles. The number of amides is 1. The Morgan fingerprint density at radius 2 is 2.35 bits per heavy atom. The van der Waals surface area contributed by atoms with Gasteiger partial charge in [0.15, 0.2) is 4.67 Å². The Labute approximate surface area is 110 Å². The van der Waals surface area contributed by atoms with E-state index in [2.05, 4.69) is 34.7 Å². The third-order valence-electron chi connectivity index (χ3n) is 3.31. The van der Waals surface area contributed by atoms with Crippen LogP contribution in [0.3, 0.4) is 0 Å². The van der Waals surface area contributed by atoms with Gasteiger partial charge in [-0.3, -0.25) is 9.69 Å². The molecule has 4 nitrogen and oxygen atoms in total. The van der Waals surface area contributed by atoms with Gasteiger partial charge < -0.3 is 9.32 Å². The smallest absolute Gasteiger partial charge is 0.258 e. The van der Waals surface area contributed by atoms with E-state index in [0.717, 1.165) is 26.2 Å². The molecule has 17 heavy (non-hydrogen) atoms. The van der Waals surface area contributed by atoms with Crippen LogP contribution in [0.5, 0.6) is 0 Å². The molecular formula is C12H17BrN2O2. The summed E-state index contributed by atoms with van der Waals surface area (Å²) in [5.41, 5.74) is 0.613. The minimum absolute atomic E-state index is 0.0493. The van der Waals surface area contributed by atoms with Crippen molar-refractivity contribution in [1.29, 1.82) is 0 Å². The van der Waals surface area contributed by atoms with Gasteiger partial charge in [0.25, 0.3) is 5.91 Å². The molecule has 0 aliphatic carbocycles. The van der Waals surface area contributed by atoms with Gasteiger partial charge in [-0.1, -0.05) is 6.92 Å². The molecule has 1 fully saturated rings. The molecule has 94 valence electrons. The largest absolute Gasteiger partial charge is 0.457 e. The molecule has 0 saturated carbocycles. The molecule has 1 aromatic rings. The minimum atomic E-state index is 0.0493. The highest BCUT2D eigenvalue weighted by Crippen LogP contribution is 2.21. The lowest BCUT2D eigenvalue weighted by molar-refractivity contribution is 0.0526. The highest BCUT2D eigenvalue weighted by Gasteiger charge is 2.27. The van der Waals surface area contributed by atoms with Crippen LogP contribution in [0.1, 0.15) is 24.2 Å². The van der Waals surface area contributed by atoms with Crippen molar-refractivity contribution < 1.29 is 9.21 Å². The highest BCUT2D eigenvalue weighted by molar-refractivity contribution is 9.10. The van der Waals surface area contributed by atoms with Crippen molar-refractivity contribution in [3.8, 4) is 0 Å². The molecule has 2 heterocycles. The standard InChI is InChI=1S/C12H17BrN2O2/c1-3-14-5-6-15(8-9(14)2)12(16)10-4-7-17-11(10)13/h4,7,9H,3,5-6,8H2,1-2H3. The zero-order chi connectivity index (χ0) is 12.4. The van der Waals surface area contributed by atoms with Crippen molar-refractivity contribution in [2.24, 2.45) is 0 Å². The van der Waals surface area contributed by atoms with Crippen LogP contribution < -0.4 is 0 Å².